The molecule has 1 aromatic rings. The lowest BCUT2D eigenvalue weighted by molar-refractivity contribution is -0.138. The predicted octanol–water partition coefficient (Wildman–Crippen LogP) is 2.07. The molecule has 1 aliphatic rings. The lowest BCUT2D eigenvalue weighted by atomic mass is 10.0. The van der Waals surface area contributed by atoms with E-state index in [0.29, 0.717) is 5.56 Å². The number of rotatable bonds is 7. The van der Waals surface area contributed by atoms with Crippen LogP contribution in [0.3, 0.4) is 0 Å². The Morgan fingerprint density at radius 2 is 1.82 bits per heavy atom. The molecule has 0 radical (unpaired) electrons. The van der Waals surface area contributed by atoms with E-state index in [-0.39, 0.29) is 37.5 Å². The van der Waals surface area contributed by atoms with Gasteiger partial charge in [0.1, 0.15) is 0 Å². The number of carbonyl (C=O) groups excluding carboxylic acids is 2. The number of nitrogens with zero attached hydrogens (tertiary/aromatic N) is 1. The predicted molar refractivity (Wildman–Crippen MR) is 81.9 cm³/mol. The molecule has 0 aliphatic heterocycles. The Hall–Kier alpha value is -2.17. The third-order valence-corrected chi connectivity index (χ3v) is 4.07. The molecular formula is C17H21NO4. The summed E-state index contributed by atoms with van der Waals surface area (Å²) in [5, 5.41) is 8.60. The molecule has 0 saturated heterocycles. The van der Waals surface area contributed by atoms with Crippen molar-refractivity contribution in [3.05, 3.63) is 34.9 Å². The number of carboxylic acid groups (broad SMARTS) is 1. The molecule has 0 heterocycles. The zero-order valence-electron chi connectivity index (χ0n) is 12.8. The highest BCUT2D eigenvalue weighted by molar-refractivity contribution is 5.98. The topological polar surface area (TPSA) is 74.7 Å². The van der Waals surface area contributed by atoms with Crippen LogP contribution in [-0.4, -0.2) is 41.3 Å². The molecule has 0 saturated carbocycles. The zero-order chi connectivity index (χ0) is 16.1. The van der Waals surface area contributed by atoms with Gasteiger partial charge in [0.05, 0.1) is 6.42 Å². The number of carbonyl (C=O) groups is 3. The molecule has 118 valence electrons. The molecule has 0 aromatic heterocycles. The molecule has 1 amide bonds. The first kappa shape index (κ1) is 16.2. The highest BCUT2D eigenvalue weighted by Gasteiger charge is 2.16. The first-order valence-electron chi connectivity index (χ1n) is 7.58. The lowest BCUT2D eigenvalue weighted by Crippen LogP contribution is -2.29. The van der Waals surface area contributed by atoms with E-state index >= 15 is 0 Å². The second-order valence-electron chi connectivity index (χ2n) is 5.72. The van der Waals surface area contributed by atoms with E-state index in [2.05, 4.69) is 0 Å². The van der Waals surface area contributed by atoms with Crippen molar-refractivity contribution in [3.63, 3.8) is 0 Å². The average Bonchev–Trinajstić information content (AvgIpc) is 2.97. The van der Waals surface area contributed by atoms with Crippen LogP contribution >= 0.6 is 0 Å². The van der Waals surface area contributed by atoms with E-state index in [9.17, 15) is 14.4 Å². The van der Waals surface area contributed by atoms with Crippen LogP contribution < -0.4 is 0 Å². The molecule has 0 bridgehead atoms. The second kappa shape index (κ2) is 7.20. The minimum atomic E-state index is -0.936. The van der Waals surface area contributed by atoms with E-state index in [0.717, 1.165) is 19.3 Å². The van der Waals surface area contributed by atoms with Crippen LogP contribution in [0.5, 0.6) is 0 Å². The van der Waals surface area contributed by atoms with Crippen LogP contribution in [0, 0.1) is 0 Å². The highest BCUT2D eigenvalue weighted by atomic mass is 16.4. The van der Waals surface area contributed by atoms with E-state index in [1.807, 2.05) is 18.2 Å². The largest absolute Gasteiger partial charge is 0.481 e. The summed E-state index contributed by atoms with van der Waals surface area (Å²) in [6.45, 7) is 0.168. The van der Waals surface area contributed by atoms with Crippen LogP contribution in [0.1, 0.15) is 47.2 Å². The summed E-state index contributed by atoms with van der Waals surface area (Å²) < 4.78 is 0. The fraction of sp³-hybridized carbons (Fsp3) is 0.471. The van der Waals surface area contributed by atoms with Gasteiger partial charge >= 0.3 is 5.97 Å². The number of aryl methyl sites for hydroxylation is 2. The van der Waals surface area contributed by atoms with Crippen molar-refractivity contribution >= 4 is 17.7 Å². The number of ketones is 1. The Kier molecular flexibility index (Phi) is 5.31. The molecule has 2 rings (SSSR count). The van der Waals surface area contributed by atoms with Crippen molar-refractivity contribution in [2.24, 2.45) is 0 Å². The van der Waals surface area contributed by atoms with Gasteiger partial charge in [0.25, 0.3) is 0 Å². The maximum Gasteiger partial charge on any atom is 0.305 e. The number of Topliss-reactive ketones (excluding diaryl/α,β-unsaturated/α-hetero) is 1. The highest BCUT2D eigenvalue weighted by Crippen LogP contribution is 2.23. The average molecular weight is 303 g/mol. The number of hydrogen-bond acceptors (Lipinski definition) is 3. The van der Waals surface area contributed by atoms with E-state index in [4.69, 9.17) is 5.11 Å². The van der Waals surface area contributed by atoms with Gasteiger partial charge in [0.2, 0.25) is 5.91 Å². The van der Waals surface area contributed by atoms with Gasteiger partial charge in [-0.3, -0.25) is 14.4 Å². The molecule has 0 fully saturated rings. The molecule has 22 heavy (non-hydrogen) atoms. The first-order chi connectivity index (χ1) is 10.5. The van der Waals surface area contributed by atoms with Crippen LogP contribution in [0.15, 0.2) is 18.2 Å². The van der Waals surface area contributed by atoms with Gasteiger partial charge in [-0.1, -0.05) is 12.1 Å². The summed E-state index contributed by atoms with van der Waals surface area (Å²) >= 11 is 0. The summed E-state index contributed by atoms with van der Waals surface area (Å²) in [5.41, 5.74) is 3.23. The molecule has 5 nitrogen and oxygen atoms in total. The van der Waals surface area contributed by atoms with Gasteiger partial charge < -0.3 is 10.0 Å². The van der Waals surface area contributed by atoms with Crippen molar-refractivity contribution in [2.45, 2.75) is 38.5 Å². The maximum absolute atomic E-state index is 12.2. The van der Waals surface area contributed by atoms with Crippen LogP contribution in [-0.2, 0) is 22.4 Å². The SMILES string of the molecule is CN(CCC(=O)O)C(=O)CCC(=O)c1ccc2c(c1)CCC2. The standard InChI is InChI=1S/C17H21NO4/c1-18(10-9-17(21)22)16(20)8-7-15(19)14-6-5-12-3-2-4-13(12)11-14/h5-6,11H,2-4,7-10H2,1H3,(H,21,22). The van der Waals surface area contributed by atoms with Crippen molar-refractivity contribution in [1.82, 2.24) is 4.90 Å². The number of carboxylic acids is 1. The number of hydrogen-bond donors (Lipinski definition) is 1. The van der Waals surface area contributed by atoms with Crippen LogP contribution in [0.2, 0.25) is 0 Å². The van der Waals surface area contributed by atoms with Crippen molar-refractivity contribution in [2.75, 3.05) is 13.6 Å². The van der Waals surface area contributed by atoms with Gasteiger partial charge in [-0.25, -0.2) is 0 Å². The summed E-state index contributed by atoms with van der Waals surface area (Å²) in [4.78, 5) is 35.9. The maximum atomic E-state index is 12.2. The Balaban J connectivity index is 1.84. The van der Waals surface area contributed by atoms with Crippen molar-refractivity contribution < 1.29 is 19.5 Å². The third kappa shape index (κ3) is 4.16. The Morgan fingerprint density at radius 1 is 1.09 bits per heavy atom. The normalized spacial score (nSPS) is 12.8. The Morgan fingerprint density at radius 3 is 2.55 bits per heavy atom. The lowest BCUT2D eigenvalue weighted by Gasteiger charge is -2.15. The number of aliphatic carboxylic acids is 1. The van der Waals surface area contributed by atoms with Gasteiger partial charge in [-0.2, -0.15) is 0 Å². The van der Waals surface area contributed by atoms with E-state index < -0.39 is 5.97 Å². The smallest absolute Gasteiger partial charge is 0.305 e. The fourth-order valence-electron chi connectivity index (χ4n) is 2.69. The van der Waals surface area contributed by atoms with Gasteiger partial charge in [0.15, 0.2) is 5.78 Å². The van der Waals surface area contributed by atoms with E-state index in [1.165, 1.54) is 16.0 Å². The summed E-state index contributed by atoms with van der Waals surface area (Å²) in [6.07, 6.45) is 3.44. The van der Waals surface area contributed by atoms with Crippen LogP contribution in [0.4, 0.5) is 0 Å². The molecule has 5 heteroatoms. The fourth-order valence-corrected chi connectivity index (χ4v) is 2.69. The van der Waals surface area contributed by atoms with Crippen LogP contribution in [0.25, 0.3) is 0 Å². The van der Waals surface area contributed by atoms with Gasteiger partial charge in [-0.05, 0) is 36.5 Å². The minimum absolute atomic E-state index is 0.0327. The zero-order valence-corrected chi connectivity index (χ0v) is 12.8. The second-order valence-corrected chi connectivity index (χ2v) is 5.72. The number of benzene rings is 1. The number of fused-ring (bicyclic) bond motifs is 1. The summed E-state index contributed by atoms with van der Waals surface area (Å²) in [5.74, 6) is -1.17. The van der Waals surface area contributed by atoms with Crippen molar-refractivity contribution in [1.29, 1.82) is 0 Å². The van der Waals surface area contributed by atoms with E-state index in [1.54, 1.807) is 7.05 Å². The first-order valence-corrected chi connectivity index (χ1v) is 7.58. The number of amides is 1. The van der Waals surface area contributed by atoms with Crippen molar-refractivity contribution in [3.8, 4) is 0 Å². The Labute approximate surface area is 129 Å². The summed E-state index contributed by atoms with van der Waals surface area (Å²) in [7, 11) is 1.56. The Bertz CT molecular complexity index is 594. The summed E-state index contributed by atoms with van der Waals surface area (Å²) in [6, 6.07) is 5.80. The molecule has 0 spiro atoms. The molecule has 0 atom stereocenters. The molecular weight excluding hydrogens is 282 g/mol. The van der Waals surface area contributed by atoms with Gasteiger partial charge in [-0.15, -0.1) is 0 Å². The molecule has 1 aliphatic carbocycles. The molecule has 1 aromatic carbocycles. The minimum Gasteiger partial charge on any atom is -0.481 e. The monoisotopic (exact) mass is 303 g/mol. The molecule has 1 N–H and O–H groups in total. The molecule has 0 unspecified atom stereocenters. The quantitative estimate of drug-likeness (QED) is 0.783. The third-order valence-electron chi connectivity index (χ3n) is 4.07. The van der Waals surface area contributed by atoms with Gasteiger partial charge in [0, 0.05) is 32.0 Å².